The number of aromatic nitrogens is 3. The molecule has 0 saturated carbocycles. The number of para-hydroxylation sites is 3. The molecular formula is C23H22N6O. The molecule has 0 spiro atoms. The van der Waals surface area contributed by atoms with Crippen molar-refractivity contribution in [2.45, 2.75) is 6.54 Å². The standard InChI is InChI=1S/C23H22N6O/c1-28(19-8-3-2-4-9-19)21-11-6-5-10-20(21)27-23(30)25-17-18-12-13-22(24-16-18)29-15-7-14-26-29/h2-16H,17H2,1H3,(H2,25,27,30). The molecule has 30 heavy (non-hydrogen) atoms. The molecule has 4 rings (SSSR count). The van der Waals surface area contributed by atoms with Crippen LogP contribution in [-0.2, 0) is 6.54 Å². The van der Waals surface area contributed by atoms with Gasteiger partial charge >= 0.3 is 6.03 Å². The van der Waals surface area contributed by atoms with Crippen molar-refractivity contribution in [2.24, 2.45) is 0 Å². The Hall–Kier alpha value is -4.13. The molecule has 4 aromatic rings. The molecule has 0 aliphatic carbocycles. The van der Waals surface area contributed by atoms with E-state index in [-0.39, 0.29) is 6.03 Å². The summed E-state index contributed by atoms with van der Waals surface area (Å²) in [6, 6.07) is 23.1. The van der Waals surface area contributed by atoms with Gasteiger partial charge in [-0.1, -0.05) is 36.4 Å². The minimum absolute atomic E-state index is 0.278. The van der Waals surface area contributed by atoms with Crippen LogP contribution in [-0.4, -0.2) is 27.8 Å². The molecule has 7 heteroatoms. The predicted molar refractivity (Wildman–Crippen MR) is 118 cm³/mol. The van der Waals surface area contributed by atoms with E-state index >= 15 is 0 Å². The molecule has 7 nitrogen and oxygen atoms in total. The second kappa shape index (κ2) is 8.91. The van der Waals surface area contributed by atoms with E-state index in [0.29, 0.717) is 6.54 Å². The smallest absolute Gasteiger partial charge is 0.319 e. The summed E-state index contributed by atoms with van der Waals surface area (Å²) >= 11 is 0. The van der Waals surface area contributed by atoms with Crippen molar-refractivity contribution >= 4 is 23.1 Å². The molecule has 2 heterocycles. The van der Waals surface area contributed by atoms with E-state index < -0.39 is 0 Å². The first-order valence-electron chi connectivity index (χ1n) is 9.58. The van der Waals surface area contributed by atoms with Gasteiger partial charge in [0.25, 0.3) is 0 Å². The third-order valence-electron chi connectivity index (χ3n) is 4.66. The first-order chi connectivity index (χ1) is 14.7. The SMILES string of the molecule is CN(c1ccccc1)c1ccccc1NC(=O)NCc1ccc(-n2cccn2)nc1. The molecule has 0 radical (unpaired) electrons. The molecule has 0 atom stereocenters. The first-order valence-corrected chi connectivity index (χ1v) is 9.58. The van der Waals surface area contributed by atoms with Gasteiger partial charge in [0.2, 0.25) is 0 Å². The van der Waals surface area contributed by atoms with Crippen LogP contribution in [0.15, 0.2) is 91.4 Å². The largest absolute Gasteiger partial charge is 0.343 e. The summed E-state index contributed by atoms with van der Waals surface area (Å²) in [7, 11) is 1.97. The average molecular weight is 398 g/mol. The number of nitrogens with zero attached hydrogens (tertiary/aromatic N) is 4. The average Bonchev–Trinajstić information content (AvgIpc) is 3.34. The van der Waals surface area contributed by atoms with Gasteiger partial charge < -0.3 is 15.5 Å². The van der Waals surface area contributed by atoms with Gasteiger partial charge in [0.05, 0.1) is 11.4 Å². The van der Waals surface area contributed by atoms with Crippen molar-refractivity contribution in [2.75, 3.05) is 17.3 Å². The van der Waals surface area contributed by atoms with E-state index in [1.165, 1.54) is 0 Å². The summed E-state index contributed by atoms with van der Waals surface area (Å²) in [4.78, 5) is 18.9. The molecule has 150 valence electrons. The maximum atomic E-state index is 12.5. The predicted octanol–water partition coefficient (Wildman–Crippen LogP) is 4.36. The fraction of sp³-hybridized carbons (Fsp3) is 0.0870. The van der Waals surface area contributed by atoms with Gasteiger partial charge in [0, 0.05) is 37.9 Å². The highest BCUT2D eigenvalue weighted by atomic mass is 16.2. The maximum absolute atomic E-state index is 12.5. The second-order valence-corrected chi connectivity index (χ2v) is 6.69. The Bertz CT molecular complexity index is 1090. The van der Waals surface area contributed by atoms with Gasteiger partial charge in [0.15, 0.2) is 5.82 Å². The lowest BCUT2D eigenvalue weighted by atomic mass is 10.2. The fourth-order valence-corrected chi connectivity index (χ4v) is 3.07. The van der Waals surface area contributed by atoms with E-state index in [0.717, 1.165) is 28.4 Å². The van der Waals surface area contributed by atoms with Crippen molar-refractivity contribution in [3.05, 3.63) is 97.0 Å². The molecule has 0 bridgehead atoms. The number of urea groups is 1. The summed E-state index contributed by atoms with van der Waals surface area (Å²) in [6.07, 6.45) is 5.26. The highest BCUT2D eigenvalue weighted by Gasteiger charge is 2.11. The van der Waals surface area contributed by atoms with Crippen molar-refractivity contribution in [3.63, 3.8) is 0 Å². The van der Waals surface area contributed by atoms with Gasteiger partial charge in [-0.15, -0.1) is 0 Å². The number of amides is 2. The van der Waals surface area contributed by atoms with Gasteiger partial charge in [-0.2, -0.15) is 5.10 Å². The summed E-state index contributed by atoms with van der Waals surface area (Å²) in [5.41, 5.74) is 3.57. The minimum Gasteiger partial charge on any atom is -0.343 e. The third-order valence-corrected chi connectivity index (χ3v) is 4.66. The normalized spacial score (nSPS) is 10.4. The van der Waals surface area contributed by atoms with E-state index in [9.17, 15) is 4.79 Å². The van der Waals surface area contributed by atoms with Crippen LogP contribution in [0.2, 0.25) is 0 Å². The molecular weight excluding hydrogens is 376 g/mol. The van der Waals surface area contributed by atoms with E-state index in [4.69, 9.17) is 0 Å². The number of hydrogen-bond acceptors (Lipinski definition) is 4. The summed E-state index contributed by atoms with van der Waals surface area (Å²) in [5.74, 6) is 0.728. The third kappa shape index (κ3) is 4.47. The lowest BCUT2D eigenvalue weighted by Crippen LogP contribution is -2.29. The van der Waals surface area contributed by atoms with Crippen molar-refractivity contribution < 1.29 is 4.79 Å². The first kappa shape index (κ1) is 19.2. The number of carbonyl (C=O) groups excluding carboxylic acids is 1. The quantitative estimate of drug-likeness (QED) is 0.506. The molecule has 0 fully saturated rings. The van der Waals surface area contributed by atoms with Gasteiger partial charge in [0.1, 0.15) is 0 Å². The number of hydrogen-bond donors (Lipinski definition) is 2. The number of nitrogens with one attached hydrogen (secondary N) is 2. The summed E-state index contributed by atoms with van der Waals surface area (Å²) in [5, 5.41) is 9.97. The molecule has 2 amide bonds. The monoisotopic (exact) mass is 398 g/mol. The number of anilines is 3. The second-order valence-electron chi connectivity index (χ2n) is 6.69. The summed E-state index contributed by atoms with van der Waals surface area (Å²) < 4.78 is 1.68. The van der Waals surface area contributed by atoms with Crippen molar-refractivity contribution in [1.82, 2.24) is 20.1 Å². The zero-order valence-corrected chi connectivity index (χ0v) is 16.6. The Morgan fingerprint density at radius 2 is 1.80 bits per heavy atom. The maximum Gasteiger partial charge on any atom is 0.319 e. The van der Waals surface area contributed by atoms with Crippen molar-refractivity contribution in [1.29, 1.82) is 0 Å². The van der Waals surface area contributed by atoms with Gasteiger partial charge in [-0.3, -0.25) is 0 Å². The summed E-state index contributed by atoms with van der Waals surface area (Å²) in [6.45, 7) is 0.370. The Kier molecular flexibility index (Phi) is 5.70. The van der Waals surface area contributed by atoms with E-state index in [2.05, 4.69) is 20.7 Å². The highest BCUT2D eigenvalue weighted by Crippen LogP contribution is 2.30. The van der Waals surface area contributed by atoms with Crippen LogP contribution in [0.25, 0.3) is 5.82 Å². The van der Waals surface area contributed by atoms with Crippen molar-refractivity contribution in [3.8, 4) is 5.82 Å². The van der Waals surface area contributed by atoms with Crippen LogP contribution in [0.1, 0.15) is 5.56 Å². The molecule has 0 aliphatic heterocycles. The molecule has 2 aromatic heterocycles. The highest BCUT2D eigenvalue weighted by molar-refractivity contribution is 5.94. The minimum atomic E-state index is -0.278. The number of pyridine rings is 1. The zero-order valence-electron chi connectivity index (χ0n) is 16.6. The Labute approximate surface area is 175 Å². The van der Waals surface area contributed by atoms with E-state index in [1.807, 2.05) is 90.9 Å². The Balaban J connectivity index is 1.39. The molecule has 2 aromatic carbocycles. The molecule has 0 saturated heterocycles. The zero-order chi connectivity index (χ0) is 20.8. The molecule has 0 aliphatic rings. The lowest BCUT2D eigenvalue weighted by Gasteiger charge is -2.22. The lowest BCUT2D eigenvalue weighted by molar-refractivity contribution is 0.251. The van der Waals surface area contributed by atoms with E-state index in [1.54, 1.807) is 17.1 Å². The van der Waals surface area contributed by atoms with Crippen LogP contribution < -0.4 is 15.5 Å². The number of benzene rings is 2. The number of carbonyl (C=O) groups is 1. The topological polar surface area (TPSA) is 75.1 Å². The Morgan fingerprint density at radius 1 is 1.00 bits per heavy atom. The number of rotatable bonds is 6. The van der Waals surface area contributed by atoms with Gasteiger partial charge in [-0.25, -0.2) is 14.5 Å². The fourth-order valence-electron chi connectivity index (χ4n) is 3.07. The molecule has 2 N–H and O–H groups in total. The van der Waals surface area contributed by atoms with Crippen LogP contribution >= 0.6 is 0 Å². The van der Waals surface area contributed by atoms with Crippen LogP contribution in [0.5, 0.6) is 0 Å². The van der Waals surface area contributed by atoms with Crippen LogP contribution in [0, 0.1) is 0 Å². The van der Waals surface area contributed by atoms with Crippen LogP contribution in [0.4, 0.5) is 21.9 Å². The van der Waals surface area contributed by atoms with Gasteiger partial charge in [-0.05, 0) is 42.0 Å². The Morgan fingerprint density at radius 3 is 2.53 bits per heavy atom. The van der Waals surface area contributed by atoms with Crippen LogP contribution in [0.3, 0.4) is 0 Å². The molecule has 0 unspecified atom stereocenters.